The third-order valence-electron chi connectivity index (χ3n) is 3.45. The first-order valence-electron chi connectivity index (χ1n) is 5.56. The molecule has 0 bridgehead atoms. The van der Waals surface area contributed by atoms with Gasteiger partial charge in [0.2, 0.25) is 0 Å². The minimum atomic E-state index is -1.21. The summed E-state index contributed by atoms with van der Waals surface area (Å²) in [7, 11) is 0. The Balaban J connectivity index is 3.25. The highest BCUT2D eigenvalue weighted by Gasteiger charge is 2.38. The van der Waals surface area contributed by atoms with Crippen LogP contribution in [0.5, 0.6) is 0 Å². The van der Waals surface area contributed by atoms with Crippen molar-refractivity contribution in [2.24, 2.45) is 11.3 Å². The maximum Gasteiger partial charge on any atom is 0.309 e. The van der Waals surface area contributed by atoms with Gasteiger partial charge in [-0.25, -0.2) is 8.78 Å². The van der Waals surface area contributed by atoms with Gasteiger partial charge in [0.15, 0.2) is 0 Å². The number of halogens is 3. The van der Waals surface area contributed by atoms with Crippen LogP contribution in [0.4, 0.5) is 8.78 Å². The third kappa shape index (κ3) is 2.71. The van der Waals surface area contributed by atoms with Crippen molar-refractivity contribution in [3.63, 3.8) is 0 Å². The summed E-state index contributed by atoms with van der Waals surface area (Å²) >= 11 is 2.97. The van der Waals surface area contributed by atoms with E-state index >= 15 is 0 Å². The van der Waals surface area contributed by atoms with Gasteiger partial charge in [0, 0.05) is 5.56 Å². The molecule has 1 N–H and O–H groups in total. The fourth-order valence-corrected chi connectivity index (χ4v) is 2.00. The molecule has 0 aromatic heterocycles. The smallest absolute Gasteiger partial charge is 0.309 e. The quantitative estimate of drug-likeness (QED) is 0.851. The molecule has 0 aliphatic heterocycles. The minimum Gasteiger partial charge on any atom is -0.481 e. The molecule has 1 aromatic carbocycles. The predicted molar refractivity (Wildman–Crippen MR) is 68.3 cm³/mol. The van der Waals surface area contributed by atoms with Gasteiger partial charge in [0.25, 0.3) is 0 Å². The molecule has 5 heteroatoms. The van der Waals surface area contributed by atoms with E-state index in [0.29, 0.717) is 0 Å². The summed E-state index contributed by atoms with van der Waals surface area (Å²) < 4.78 is 27.6. The number of carbonyl (C=O) groups is 1. The molecule has 2 nitrogen and oxygen atoms in total. The monoisotopic (exact) mass is 320 g/mol. The van der Waals surface area contributed by atoms with Gasteiger partial charge in [0.05, 0.1) is 9.89 Å². The largest absolute Gasteiger partial charge is 0.481 e. The summed E-state index contributed by atoms with van der Waals surface area (Å²) in [6.45, 7) is 4.95. The molecule has 0 saturated carbocycles. The second-order valence-corrected chi connectivity index (χ2v) is 5.73. The first-order chi connectivity index (χ1) is 8.20. The zero-order valence-electron chi connectivity index (χ0n) is 10.4. The Morgan fingerprint density at radius 1 is 1.44 bits per heavy atom. The van der Waals surface area contributed by atoms with E-state index in [-0.39, 0.29) is 22.4 Å². The molecule has 0 aliphatic rings. The average molecular weight is 321 g/mol. The normalized spacial score (nSPS) is 14.6. The van der Waals surface area contributed by atoms with Crippen molar-refractivity contribution < 1.29 is 18.7 Å². The van der Waals surface area contributed by atoms with Crippen LogP contribution < -0.4 is 0 Å². The lowest BCUT2D eigenvalue weighted by Gasteiger charge is -2.29. The molecule has 1 aromatic rings. The number of hydrogen-bond donors (Lipinski definition) is 1. The highest BCUT2D eigenvalue weighted by atomic mass is 79.9. The molecule has 100 valence electrons. The zero-order chi connectivity index (χ0) is 14.1. The molecular formula is C13H15BrF2O2. The van der Waals surface area contributed by atoms with Gasteiger partial charge in [-0.15, -0.1) is 0 Å². The second-order valence-electron chi connectivity index (χ2n) is 4.88. The van der Waals surface area contributed by atoms with Crippen LogP contribution in [0, 0.1) is 23.0 Å². The third-order valence-corrected chi connectivity index (χ3v) is 4.06. The Labute approximate surface area is 113 Å². The number of hydrogen-bond acceptors (Lipinski definition) is 1. The zero-order valence-corrected chi connectivity index (χ0v) is 12.0. The van der Waals surface area contributed by atoms with Crippen LogP contribution in [0.1, 0.15) is 26.3 Å². The van der Waals surface area contributed by atoms with Gasteiger partial charge in [-0.1, -0.05) is 13.8 Å². The molecule has 1 unspecified atom stereocenters. The van der Waals surface area contributed by atoms with Crippen LogP contribution in [0.3, 0.4) is 0 Å². The van der Waals surface area contributed by atoms with Crippen LogP contribution in [0.15, 0.2) is 16.6 Å². The van der Waals surface area contributed by atoms with Crippen molar-refractivity contribution >= 4 is 21.9 Å². The van der Waals surface area contributed by atoms with E-state index in [9.17, 15) is 18.7 Å². The van der Waals surface area contributed by atoms with E-state index in [2.05, 4.69) is 15.9 Å². The fourth-order valence-electron chi connectivity index (χ4n) is 1.63. The predicted octanol–water partition coefficient (Wildman–Crippen LogP) is 4.02. The topological polar surface area (TPSA) is 37.3 Å². The Hall–Kier alpha value is -0.970. The number of carboxylic acids is 1. The van der Waals surface area contributed by atoms with Crippen molar-refractivity contribution in [1.29, 1.82) is 0 Å². The number of benzene rings is 1. The summed E-state index contributed by atoms with van der Waals surface area (Å²) in [6, 6.07) is 2.40. The summed E-state index contributed by atoms with van der Waals surface area (Å²) in [5, 5.41) is 9.26. The molecule has 0 amide bonds. The second kappa shape index (κ2) is 5.34. The maximum atomic E-state index is 13.8. The van der Waals surface area contributed by atoms with E-state index in [1.807, 2.05) is 0 Å². The summed E-state index contributed by atoms with van der Waals surface area (Å²) in [5.74, 6) is -2.75. The number of rotatable bonds is 4. The van der Waals surface area contributed by atoms with Crippen molar-refractivity contribution in [1.82, 2.24) is 0 Å². The fraction of sp³-hybridized carbons (Fsp3) is 0.462. The molecule has 0 fully saturated rings. The van der Waals surface area contributed by atoms with Crippen molar-refractivity contribution in [3.05, 3.63) is 33.8 Å². The van der Waals surface area contributed by atoms with E-state index in [1.165, 1.54) is 13.0 Å². The maximum absolute atomic E-state index is 13.8. The lowest BCUT2D eigenvalue weighted by atomic mass is 9.74. The van der Waals surface area contributed by atoms with Gasteiger partial charge >= 0.3 is 5.97 Å². The molecule has 0 spiro atoms. The Bertz CT molecular complexity index is 474. The Morgan fingerprint density at radius 2 is 2.00 bits per heavy atom. The lowest BCUT2D eigenvalue weighted by Crippen LogP contribution is -2.36. The summed E-state index contributed by atoms with van der Waals surface area (Å²) in [4.78, 5) is 11.3. The first kappa shape index (κ1) is 15.1. The molecule has 0 aliphatic carbocycles. The van der Waals surface area contributed by atoms with Crippen LogP contribution >= 0.6 is 15.9 Å². The van der Waals surface area contributed by atoms with E-state index < -0.39 is 23.0 Å². The van der Waals surface area contributed by atoms with Crippen LogP contribution in [-0.2, 0) is 11.2 Å². The van der Waals surface area contributed by atoms with Crippen molar-refractivity contribution in [3.8, 4) is 0 Å². The van der Waals surface area contributed by atoms with Gasteiger partial charge in [-0.2, -0.15) is 0 Å². The molecule has 0 radical (unpaired) electrons. The average Bonchev–Trinajstić information content (AvgIpc) is 2.28. The SMILES string of the molecule is CC(C)C(C)(Cc1c(F)ccc(Br)c1F)C(=O)O. The first-order valence-corrected chi connectivity index (χ1v) is 6.35. The van der Waals surface area contributed by atoms with Gasteiger partial charge in [-0.3, -0.25) is 4.79 Å². The van der Waals surface area contributed by atoms with Crippen molar-refractivity contribution in [2.45, 2.75) is 27.2 Å². The highest BCUT2D eigenvalue weighted by Crippen LogP contribution is 2.34. The summed E-state index contributed by atoms with van der Waals surface area (Å²) in [6.07, 6.45) is -0.183. The molecule has 1 rings (SSSR count). The van der Waals surface area contributed by atoms with Gasteiger partial charge in [-0.05, 0) is 47.3 Å². The Kier molecular flexibility index (Phi) is 4.48. The highest BCUT2D eigenvalue weighted by molar-refractivity contribution is 9.10. The molecule has 1 atom stereocenters. The molecule has 0 heterocycles. The minimum absolute atomic E-state index is 0.135. The van der Waals surface area contributed by atoms with Crippen LogP contribution in [-0.4, -0.2) is 11.1 Å². The van der Waals surface area contributed by atoms with Crippen LogP contribution in [0.2, 0.25) is 0 Å². The van der Waals surface area contributed by atoms with Crippen molar-refractivity contribution in [2.75, 3.05) is 0 Å². The summed E-state index contributed by atoms with van der Waals surface area (Å²) in [5.41, 5.74) is -1.40. The van der Waals surface area contributed by atoms with Gasteiger partial charge in [0.1, 0.15) is 11.6 Å². The molecular weight excluding hydrogens is 306 g/mol. The van der Waals surface area contributed by atoms with Crippen LogP contribution in [0.25, 0.3) is 0 Å². The number of carboxylic acid groups (broad SMARTS) is 1. The number of aliphatic carboxylic acids is 1. The molecule has 0 saturated heterocycles. The lowest BCUT2D eigenvalue weighted by molar-refractivity contribution is -0.150. The molecule has 18 heavy (non-hydrogen) atoms. The van der Waals surface area contributed by atoms with Gasteiger partial charge < -0.3 is 5.11 Å². The van der Waals surface area contributed by atoms with E-state index in [1.54, 1.807) is 13.8 Å². The Morgan fingerprint density at radius 3 is 2.44 bits per heavy atom. The standard InChI is InChI=1S/C13H15BrF2O2/c1-7(2)13(3,12(17)18)6-8-10(15)5-4-9(14)11(8)16/h4-5,7H,6H2,1-3H3,(H,17,18). The van der Waals surface area contributed by atoms with E-state index in [4.69, 9.17) is 0 Å². The van der Waals surface area contributed by atoms with E-state index in [0.717, 1.165) is 6.07 Å².